The van der Waals surface area contributed by atoms with Crippen LogP contribution in [-0.2, 0) is 4.74 Å². The van der Waals surface area contributed by atoms with E-state index in [1.807, 2.05) is 0 Å². The molecular formula is C6H11BrO. The highest BCUT2D eigenvalue weighted by Gasteiger charge is 2.22. The van der Waals surface area contributed by atoms with Gasteiger partial charge in [0.15, 0.2) is 0 Å². The van der Waals surface area contributed by atoms with Crippen LogP contribution in [0.1, 0.15) is 13.3 Å². The zero-order chi connectivity index (χ0) is 5.98. The molecule has 0 aromatic carbocycles. The smallest absolute Gasteiger partial charge is 0.0698 e. The highest BCUT2D eigenvalue weighted by atomic mass is 79.9. The lowest BCUT2D eigenvalue weighted by Gasteiger charge is -2.08. The van der Waals surface area contributed by atoms with Gasteiger partial charge < -0.3 is 4.74 Å². The fraction of sp³-hybridized carbons (Fsp3) is 1.00. The second-order valence-electron chi connectivity index (χ2n) is 2.33. The molecule has 0 radical (unpaired) electrons. The first kappa shape index (κ1) is 6.56. The van der Waals surface area contributed by atoms with Crippen LogP contribution in [0.25, 0.3) is 0 Å². The number of ether oxygens (including phenoxy) is 1. The molecule has 0 N–H and O–H groups in total. The third-order valence-electron chi connectivity index (χ3n) is 1.69. The van der Waals surface area contributed by atoms with E-state index in [1.165, 1.54) is 6.42 Å². The number of hydrogen-bond acceptors (Lipinski definition) is 1. The van der Waals surface area contributed by atoms with Crippen LogP contribution < -0.4 is 0 Å². The molecule has 1 heterocycles. The summed E-state index contributed by atoms with van der Waals surface area (Å²) in [5.74, 6) is 0.759. The van der Waals surface area contributed by atoms with Gasteiger partial charge >= 0.3 is 0 Å². The lowest BCUT2D eigenvalue weighted by atomic mass is 10.1. The van der Waals surface area contributed by atoms with Crippen molar-refractivity contribution in [2.24, 2.45) is 5.92 Å². The van der Waals surface area contributed by atoms with Gasteiger partial charge in [0.2, 0.25) is 0 Å². The van der Waals surface area contributed by atoms with E-state index in [0.717, 1.165) is 17.9 Å². The minimum atomic E-state index is 0.481. The van der Waals surface area contributed by atoms with Crippen molar-refractivity contribution in [1.82, 2.24) is 0 Å². The van der Waals surface area contributed by atoms with Crippen molar-refractivity contribution in [3.63, 3.8) is 0 Å². The SMILES string of the molecule is C[C@@H]1CCO[C@@H]1CBr. The summed E-state index contributed by atoms with van der Waals surface area (Å²) in [6.45, 7) is 3.19. The molecule has 1 nitrogen and oxygen atoms in total. The predicted octanol–water partition coefficient (Wildman–Crippen LogP) is 1.81. The minimum Gasteiger partial charge on any atom is -0.377 e. The van der Waals surface area contributed by atoms with Crippen LogP contribution >= 0.6 is 15.9 Å². The van der Waals surface area contributed by atoms with E-state index in [9.17, 15) is 0 Å². The molecule has 0 aromatic rings. The zero-order valence-corrected chi connectivity index (χ0v) is 6.65. The van der Waals surface area contributed by atoms with Crippen LogP contribution in [0.15, 0.2) is 0 Å². The Morgan fingerprint density at radius 1 is 1.75 bits per heavy atom. The number of hydrogen-bond donors (Lipinski definition) is 0. The summed E-state index contributed by atoms with van der Waals surface area (Å²) in [4.78, 5) is 0. The molecule has 8 heavy (non-hydrogen) atoms. The molecule has 0 spiro atoms. The van der Waals surface area contributed by atoms with Crippen molar-refractivity contribution < 1.29 is 4.74 Å². The number of halogens is 1. The first-order valence-corrected chi connectivity index (χ1v) is 4.14. The third kappa shape index (κ3) is 1.23. The van der Waals surface area contributed by atoms with Gasteiger partial charge in [-0.25, -0.2) is 0 Å². The van der Waals surface area contributed by atoms with Crippen LogP contribution in [0.5, 0.6) is 0 Å². The van der Waals surface area contributed by atoms with Gasteiger partial charge in [-0.05, 0) is 12.3 Å². The Bertz CT molecular complexity index is 74.9. The van der Waals surface area contributed by atoms with Gasteiger partial charge in [0.25, 0.3) is 0 Å². The van der Waals surface area contributed by atoms with Crippen molar-refractivity contribution in [3.05, 3.63) is 0 Å². The fourth-order valence-electron chi connectivity index (χ4n) is 0.952. The topological polar surface area (TPSA) is 9.23 Å². The first-order valence-electron chi connectivity index (χ1n) is 3.02. The third-order valence-corrected chi connectivity index (χ3v) is 2.33. The zero-order valence-electron chi connectivity index (χ0n) is 5.06. The van der Waals surface area contributed by atoms with Crippen LogP contribution in [0.2, 0.25) is 0 Å². The second kappa shape index (κ2) is 2.83. The maximum absolute atomic E-state index is 5.37. The van der Waals surface area contributed by atoms with Crippen molar-refractivity contribution in [3.8, 4) is 0 Å². The van der Waals surface area contributed by atoms with Crippen LogP contribution in [-0.4, -0.2) is 18.0 Å². The Morgan fingerprint density at radius 2 is 2.50 bits per heavy atom. The van der Waals surface area contributed by atoms with E-state index in [0.29, 0.717) is 6.10 Å². The summed E-state index contributed by atoms with van der Waals surface area (Å²) in [7, 11) is 0. The maximum atomic E-state index is 5.37. The molecule has 48 valence electrons. The molecule has 2 heteroatoms. The predicted molar refractivity (Wildman–Crippen MR) is 37.3 cm³/mol. The molecule has 2 atom stereocenters. The van der Waals surface area contributed by atoms with E-state index in [4.69, 9.17) is 4.74 Å². The monoisotopic (exact) mass is 178 g/mol. The number of alkyl halides is 1. The largest absolute Gasteiger partial charge is 0.377 e. The van der Waals surface area contributed by atoms with E-state index >= 15 is 0 Å². The normalized spacial score (nSPS) is 38.2. The van der Waals surface area contributed by atoms with E-state index < -0.39 is 0 Å². The summed E-state index contributed by atoms with van der Waals surface area (Å²) >= 11 is 3.39. The van der Waals surface area contributed by atoms with Gasteiger partial charge in [-0.15, -0.1) is 0 Å². The Morgan fingerprint density at radius 3 is 2.75 bits per heavy atom. The van der Waals surface area contributed by atoms with E-state index in [1.54, 1.807) is 0 Å². The molecule has 0 amide bonds. The molecule has 1 saturated heterocycles. The Kier molecular flexibility index (Phi) is 2.32. The molecule has 0 unspecified atom stereocenters. The summed E-state index contributed by atoms with van der Waals surface area (Å²) in [6, 6.07) is 0. The minimum absolute atomic E-state index is 0.481. The lowest BCUT2D eigenvalue weighted by molar-refractivity contribution is 0.114. The van der Waals surface area contributed by atoms with Gasteiger partial charge in [0, 0.05) is 11.9 Å². The van der Waals surface area contributed by atoms with Crippen molar-refractivity contribution in [2.75, 3.05) is 11.9 Å². The highest BCUT2D eigenvalue weighted by Crippen LogP contribution is 2.20. The standard InChI is InChI=1S/C6H11BrO/c1-5-2-3-8-6(5)4-7/h5-6H,2-4H2,1H3/t5-,6-/m1/s1. The first-order chi connectivity index (χ1) is 3.84. The van der Waals surface area contributed by atoms with Crippen LogP contribution in [0, 0.1) is 5.92 Å². The summed E-state index contributed by atoms with van der Waals surface area (Å²) in [5.41, 5.74) is 0. The highest BCUT2D eigenvalue weighted by molar-refractivity contribution is 9.09. The van der Waals surface area contributed by atoms with Gasteiger partial charge in [-0.1, -0.05) is 22.9 Å². The molecular weight excluding hydrogens is 168 g/mol. The van der Waals surface area contributed by atoms with Gasteiger partial charge in [-0.2, -0.15) is 0 Å². The molecule has 0 bridgehead atoms. The average Bonchev–Trinajstić information content (AvgIpc) is 2.14. The van der Waals surface area contributed by atoms with Crippen molar-refractivity contribution in [1.29, 1.82) is 0 Å². The molecule has 1 aliphatic heterocycles. The molecule has 0 saturated carbocycles. The lowest BCUT2D eigenvalue weighted by Crippen LogP contribution is -2.13. The molecule has 1 rings (SSSR count). The van der Waals surface area contributed by atoms with Crippen LogP contribution in [0.3, 0.4) is 0 Å². The molecule has 0 aromatic heterocycles. The van der Waals surface area contributed by atoms with Gasteiger partial charge in [-0.3, -0.25) is 0 Å². The quantitative estimate of drug-likeness (QED) is 0.557. The Hall–Kier alpha value is 0.440. The Labute approximate surface area is 58.5 Å². The van der Waals surface area contributed by atoms with Gasteiger partial charge in [0.1, 0.15) is 0 Å². The molecule has 1 aliphatic rings. The Balaban J connectivity index is 2.30. The fourth-order valence-corrected chi connectivity index (χ4v) is 1.78. The number of rotatable bonds is 1. The summed E-state index contributed by atoms with van der Waals surface area (Å²) in [5, 5.41) is 0.994. The second-order valence-corrected chi connectivity index (χ2v) is 2.98. The van der Waals surface area contributed by atoms with E-state index in [-0.39, 0.29) is 0 Å². The average molecular weight is 179 g/mol. The van der Waals surface area contributed by atoms with Crippen LogP contribution in [0.4, 0.5) is 0 Å². The molecule has 0 aliphatic carbocycles. The van der Waals surface area contributed by atoms with Crippen molar-refractivity contribution in [2.45, 2.75) is 19.4 Å². The summed E-state index contributed by atoms with van der Waals surface area (Å²) < 4.78 is 5.37. The molecule has 1 fully saturated rings. The van der Waals surface area contributed by atoms with E-state index in [2.05, 4.69) is 22.9 Å². The summed E-state index contributed by atoms with van der Waals surface area (Å²) in [6.07, 6.45) is 1.71. The maximum Gasteiger partial charge on any atom is 0.0698 e. The van der Waals surface area contributed by atoms with Gasteiger partial charge in [0.05, 0.1) is 6.10 Å². The van der Waals surface area contributed by atoms with Crippen molar-refractivity contribution >= 4 is 15.9 Å².